The number of ether oxygens (including phenoxy) is 1. The second-order valence-corrected chi connectivity index (χ2v) is 10.3. The highest BCUT2D eigenvalue weighted by atomic mass is 32.2. The normalized spacial score (nSPS) is 16.6. The Balaban J connectivity index is 1.39. The van der Waals surface area contributed by atoms with Gasteiger partial charge >= 0.3 is 0 Å². The molecule has 1 fully saturated rings. The van der Waals surface area contributed by atoms with Gasteiger partial charge in [-0.05, 0) is 55.5 Å². The van der Waals surface area contributed by atoms with Gasteiger partial charge in [0.2, 0.25) is 21.8 Å². The fourth-order valence-electron chi connectivity index (χ4n) is 3.97. The van der Waals surface area contributed by atoms with Gasteiger partial charge in [-0.3, -0.25) is 9.59 Å². The van der Waals surface area contributed by atoms with Crippen LogP contribution in [0.1, 0.15) is 31.2 Å². The third-order valence-corrected chi connectivity index (χ3v) is 7.79. The monoisotopic (exact) mass is 487 g/mol. The molecule has 8 nitrogen and oxygen atoms in total. The largest absolute Gasteiger partial charge is 0.497 e. The van der Waals surface area contributed by atoms with E-state index < -0.39 is 15.9 Å². The number of rotatable bonds is 11. The quantitative estimate of drug-likeness (QED) is 0.474. The molecule has 2 amide bonds. The average molecular weight is 488 g/mol. The van der Waals surface area contributed by atoms with Crippen LogP contribution in [0.25, 0.3) is 0 Å². The lowest BCUT2D eigenvalue weighted by Crippen LogP contribution is -2.45. The molecule has 2 N–H and O–H groups in total. The minimum atomic E-state index is -3.69. The summed E-state index contributed by atoms with van der Waals surface area (Å²) in [4.78, 5) is 24.8. The molecule has 0 saturated carbocycles. The molecule has 184 valence electrons. The zero-order valence-electron chi connectivity index (χ0n) is 19.5. The molecular weight excluding hydrogens is 454 g/mol. The van der Waals surface area contributed by atoms with Crippen molar-refractivity contribution in [3.63, 3.8) is 0 Å². The molecule has 1 atom stereocenters. The molecule has 0 spiro atoms. The zero-order chi connectivity index (χ0) is 24.4. The summed E-state index contributed by atoms with van der Waals surface area (Å²) >= 11 is 0. The van der Waals surface area contributed by atoms with Crippen molar-refractivity contribution in [2.24, 2.45) is 5.92 Å². The molecule has 1 saturated heterocycles. The van der Waals surface area contributed by atoms with Crippen LogP contribution in [-0.2, 0) is 26.0 Å². The van der Waals surface area contributed by atoms with Gasteiger partial charge in [0.1, 0.15) is 5.75 Å². The molecule has 1 heterocycles. The van der Waals surface area contributed by atoms with Gasteiger partial charge in [-0.25, -0.2) is 8.42 Å². The molecule has 0 radical (unpaired) electrons. The molecule has 1 aliphatic heterocycles. The number of amides is 2. The molecule has 3 rings (SSSR count). The van der Waals surface area contributed by atoms with Crippen LogP contribution in [0.2, 0.25) is 0 Å². The van der Waals surface area contributed by atoms with Crippen LogP contribution < -0.4 is 15.4 Å². The highest BCUT2D eigenvalue weighted by molar-refractivity contribution is 7.89. The molecule has 9 heteroatoms. The van der Waals surface area contributed by atoms with E-state index in [2.05, 4.69) is 22.8 Å². The minimum Gasteiger partial charge on any atom is -0.497 e. The summed E-state index contributed by atoms with van der Waals surface area (Å²) in [5, 5.41) is 5.66. The molecule has 34 heavy (non-hydrogen) atoms. The average Bonchev–Trinajstić information content (AvgIpc) is 2.87. The first kappa shape index (κ1) is 25.7. The molecule has 1 aliphatic rings. The van der Waals surface area contributed by atoms with Crippen molar-refractivity contribution >= 4 is 21.8 Å². The summed E-state index contributed by atoms with van der Waals surface area (Å²) in [5.74, 6) is -0.182. The lowest BCUT2D eigenvalue weighted by atomic mass is 9.99. The maximum atomic E-state index is 13.0. The minimum absolute atomic E-state index is 0.110. The first-order valence-electron chi connectivity index (χ1n) is 11.6. The van der Waals surface area contributed by atoms with Crippen molar-refractivity contribution in [1.82, 2.24) is 14.9 Å². The van der Waals surface area contributed by atoms with E-state index in [9.17, 15) is 18.0 Å². The third-order valence-electron chi connectivity index (χ3n) is 5.91. The number of carbonyl (C=O) groups excluding carboxylic acids is 2. The fourth-order valence-corrected chi connectivity index (χ4v) is 5.49. The Morgan fingerprint density at radius 2 is 1.76 bits per heavy atom. The summed E-state index contributed by atoms with van der Waals surface area (Å²) in [6.45, 7) is 1.32. The Hall–Kier alpha value is -2.91. The van der Waals surface area contributed by atoms with Crippen molar-refractivity contribution in [1.29, 1.82) is 0 Å². The zero-order valence-corrected chi connectivity index (χ0v) is 20.4. The van der Waals surface area contributed by atoms with E-state index in [0.717, 1.165) is 12.8 Å². The van der Waals surface area contributed by atoms with Gasteiger partial charge in [-0.15, -0.1) is 0 Å². The number of nitrogens with one attached hydrogen (secondary N) is 2. The number of hydrogen-bond acceptors (Lipinski definition) is 5. The molecule has 0 bridgehead atoms. The number of hydrogen-bond donors (Lipinski definition) is 2. The second-order valence-electron chi connectivity index (χ2n) is 8.36. The summed E-state index contributed by atoms with van der Waals surface area (Å²) in [6, 6.07) is 16.3. The topological polar surface area (TPSA) is 105 Å². The van der Waals surface area contributed by atoms with E-state index in [-0.39, 0.29) is 36.2 Å². The van der Waals surface area contributed by atoms with Crippen LogP contribution in [0.15, 0.2) is 59.5 Å². The van der Waals surface area contributed by atoms with Gasteiger partial charge in [0, 0.05) is 32.6 Å². The lowest BCUT2D eigenvalue weighted by molar-refractivity contribution is -0.126. The standard InChI is InChI=1S/C25H33N3O5S/c1-33-22-11-13-23(14-12-22)34(31,32)28-18-6-10-21(19-28)25(30)27-17-15-24(29)26-16-5-9-20-7-3-2-4-8-20/h2-4,7-8,11-14,21H,5-6,9-10,15-19H2,1H3,(H,26,29)(H,27,30). The van der Waals surface area contributed by atoms with E-state index in [1.807, 2.05) is 18.2 Å². The van der Waals surface area contributed by atoms with Crippen molar-refractivity contribution < 1.29 is 22.7 Å². The van der Waals surface area contributed by atoms with E-state index in [1.54, 1.807) is 12.1 Å². The molecule has 0 aromatic heterocycles. The SMILES string of the molecule is COc1ccc(S(=O)(=O)N2CCCC(C(=O)NCCC(=O)NCCCc3ccccc3)C2)cc1. The third kappa shape index (κ3) is 7.30. The lowest BCUT2D eigenvalue weighted by Gasteiger charge is -2.31. The number of aryl methyl sites for hydroxylation is 1. The van der Waals surface area contributed by atoms with Gasteiger partial charge in [0.25, 0.3) is 0 Å². The predicted molar refractivity (Wildman–Crippen MR) is 130 cm³/mol. The number of piperidine rings is 1. The van der Waals surface area contributed by atoms with Crippen molar-refractivity contribution in [3.05, 3.63) is 60.2 Å². The number of benzene rings is 2. The number of sulfonamides is 1. The summed E-state index contributed by atoms with van der Waals surface area (Å²) < 4.78 is 32.4. The molecule has 2 aromatic rings. The van der Waals surface area contributed by atoms with E-state index >= 15 is 0 Å². The number of nitrogens with zero attached hydrogens (tertiary/aromatic N) is 1. The number of methoxy groups -OCH3 is 1. The number of carbonyl (C=O) groups is 2. The van der Waals surface area contributed by atoms with Crippen LogP contribution >= 0.6 is 0 Å². The molecule has 0 aliphatic carbocycles. The predicted octanol–water partition coefficient (Wildman–Crippen LogP) is 2.35. The van der Waals surface area contributed by atoms with Crippen LogP contribution in [0.3, 0.4) is 0 Å². The van der Waals surface area contributed by atoms with Crippen LogP contribution in [0.5, 0.6) is 5.75 Å². The Morgan fingerprint density at radius 3 is 2.47 bits per heavy atom. The van der Waals surface area contributed by atoms with Crippen LogP contribution in [0, 0.1) is 5.92 Å². The highest BCUT2D eigenvalue weighted by Gasteiger charge is 2.33. The maximum Gasteiger partial charge on any atom is 0.243 e. The van der Waals surface area contributed by atoms with E-state index in [1.165, 1.54) is 29.1 Å². The summed E-state index contributed by atoms with van der Waals surface area (Å²) in [5.41, 5.74) is 1.24. The Kier molecular flexibility index (Phi) is 9.47. The smallest absolute Gasteiger partial charge is 0.243 e. The van der Waals surface area contributed by atoms with Gasteiger partial charge < -0.3 is 15.4 Å². The van der Waals surface area contributed by atoms with Gasteiger partial charge in [0.05, 0.1) is 17.9 Å². The molecule has 1 unspecified atom stereocenters. The van der Waals surface area contributed by atoms with Gasteiger partial charge in [0.15, 0.2) is 0 Å². The molecule has 2 aromatic carbocycles. The van der Waals surface area contributed by atoms with Crippen LogP contribution in [0.4, 0.5) is 0 Å². The van der Waals surface area contributed by atoms with Gasteiger partial charge in [-0.2, -0.15) is 4.31 Å². The Bertz CT molecular complexity index is 1040. The second kappa shape index (κ2) is 12.5. The maximum absolute atomic E-state index is 13.0. The van der Waals surface area contributed by atoms with Crippen molar-refractivity contribution in [3.8, 4) is 5.75 Å². The van der Waals surface area contributed by atoms with E-state index in [4.69, 9.17) is 4.74 Å². The van der Waals surface area contributed by atoms with Crippen LogP contribution in [-0.4, -0.2) is 57.8 Å². The first-order valence-corrected chi connectivity index (χ1v) is 13.1. The van der Waals surface area contributed by atoms with Crippen molar-refractivity contribution in [2.45, 2.75) is 37.0 Å². The van der Waals surface area contributed by atoms with E-state index in [0.29, 0.717) is 31.7 Å². The first-order chi connectivity index (χ1) is 16.4. The highest BCUT2D eigenvalue weighted by Crippen LogP contribution is 2.25. The summed E-state index contributed by atoms with van der Waals surface area (Å²) in [6.07, 6.45) is 3.16. The van der Waals surface area contributed by atoms with Gasteiger partial charge in [-0.1, -0.05) is 30.3 Å². The fraction of sp³-hybridized carbons (Fsp3) is 0.440. The molecular formula is C25H33N3O5S. The summed E-state index contributed by atoms with van der Waals surface area (Å²) in [7, 11) is -2.17. The Labute approximate surface area is 201 Å². The van der Waals surface area contributed by atoms with Crippen molar-refractivity contribution in [2.75, 3.05) is 33.3 Å². The Morgan fingerprint density at radius 1 is 1.03 bits per heavy atom.